The van der Waals surface area contributed by atoms with E-state index in [-0.39, 0.29) is 5.69 Å². The minimum atomic E-state index is -4.22. The number of nitrogens with zero attached hydrogens (tertiary/aromatic N) is 2. The Labute approximate surface area is 147 Å². The molecule has 0 aliphatic carbocycles. The summed E-state index contributed by atoms with van der Waals surface area (Å²) in [6.07, 6.45) is 1.57. The molecular weight excluding hydrogens is 366 g/mol. The average molecular weight is 383 g/mol. The highest BCUT2D eigenvalue weighted by Crippen LogP contribution is 2.34. The summed E-state index contributed by atoms with van der Waals surface area (Å²) >= 11 is 0. The van der Waals surface area contributed by atoms with E-state index in [1.807, 2.05) is 0 Å². The highest BCUT2D eigenvalue weighted by molar-refractivity contribution is 7.89. The molecule has 2 aromatic rings. The molecule has 2 aromatic carbocycles. The van der Waals surface area contributed by atoms with Crippen LogP contribution in [0.2, 0.25) is 0 Å². The molecule has 2 rings (SSSR count). The molecule has 0 aliphatic rings. The number of rotatable bonds is 6. The van der Waals surface area contributed by atoms with Gasteiger partial charge in [-0.2, -0.15) is 0 Å². The number of hydrogen-bond acceptors (Lipinski definition) is 6. The van der Waals surface area contributed by atoms with Crippen molar-refractivity contribution >= 4 is 32.2 Å². The van der Waals surface area contributed by atoms with Crippen molar-refractivity contribution in [3.63, 3.8) is 0 Å². The summed E-state index contributed by atoms with van der Waals surface area (Å²) in [6.45, 7) is 0.297. The topological polar surface area (TPSA) is 124 Å². The third-order valence-electron chi connectivity index (χ3n) is 3.55. The number of hydrogen-bond donors (Lipinski definition) is 1. The minimum absolute atomic E-state index is 0.139. The molecule has 25 heavy (non-hydrogen) atoms. The molecule has 10 heteroatoms. The van der Waals surface area contributed by atoms with Gasteiger partial charge < -0.3 is 4.90 Å². The summed E-state index contributed by atoms with van der Waals surface area (Å²) in [5, 5.41) is 16.5. The number of nitro groups is 1. The highest BCUT2D eigenvalue weighted by atomic mass is 32.2. The SMILES string of the molecule is CN(Cc1ccc(S(C)=O)cc1)c1cccc(S(N)(=O)=O)c1[N+](=O)[O-]. The van der Waals surface area contributed by atoms with Gasteiger partial charge in [-0.3, -0.25) is 14.3 Å². The fourth-order valence-electron chi connectivity index (χ4n) is 2.38. The molecule has 0 aliphatic heterocycles. The van der Waals surface area contributed by atoms with E-state index in [9.17, 15) is 22.7 Å². The maximum Gasteiger partial charge on any atom is 0.312 e. The van der Waals surface area contributed by atoms with E-state index in [0.717, 1.165) is 11.6 Å². The number of para-hydroxylation sites is 1. The zero-order chi connectivity index (χ0) is 18.8. The van der Waals surface area contributed by atoms with Gasteiger partial charge in [0.1, 0.15) is 5.69 Å². The predicted octanol–water partition coefficient (Wildman–Crippen LogP) is 1.62. The lowest BCUT2D eigenvalue weighted by Gasteiger charge is -2.20. The van der Waals surface area contributed by atoms with E-state index >= 15 is 0 Å². The van der Waals surface area contributed by atoms with Gasteiger partial charge >= 0.3 is 5.69 Å². The number of primary sulfonamides is 1. The molecule has 0 saturated heterocycles. The smallest absolute Gasteiger partial charge is 0.312 e. The first-order valence-corrected chi connectivity index (χ1v) is 10.2. The van der Waals surface area contributed by atoms with Crippen molar-refractivity contribution in [3.05, 3.63) is 58.1 Å². The summed E-state index contributed by atoms with van der Waals surface area (Å²) < 4.78 is 34.6. The number of sulfonamides is 1. The zero-order valence-corrected chi connectivity index (χ0v) is 15.2. The van der Waals surface area contributed by atoms with E-state index in [2.05, 4.69) is 0 Å². The van der Waals surface area contributed by atoms with Crippen LogP contribution in [0, 0.1) is 10.1 Å². The maximum absolute atomic E-state index is 11.6. The number of nitrogens with two attached hydrogens (primary N) is 1. The number of benzene rings is 2. The highest BCUT2D eigenvalue weighted by Gasteiger charge is 2.28. The Hall–Kier alpha value is -2.30. The van der Waals surface area contributed by atoms with Crippen LogP contribution in [0.15, 0.2) is 52.3 Å². The molecule has 0 heterocycles. The van der Waals surface area contributed by atoms with Crippen LogP contribution >= 0.6 is 0 Å². The van der Waals surface area contributed by atoms with Crippen LogP contribution in [0.25, 0.3) is 0 Å². The van der Waals surface area contributed by atoms with Crippen molar-refractivity contribution in [2.45, 2.75) is 16.3 Å². The summed E-state index contributed by atoms with van der Waals surface area (Å²) in [6, 6.07) is 10.9. The first-order valence-electron chi connectivity index (χ1n) is 7.05. The van der Waals surface area contributed by atoms with Crippen LogP contribution in [0.1, 0.15) is 5.56 Å². The summed E-state index contributed by atoms with van der Waals surface area (Å²) in [5.74, 6) is 0. The molecule has 8 nitrogen and oxygen atoms in total. The molecule has 0 bridgehead atoms. The summed E-state index contributed by atoms with van der Waals surface area (Å²) in [5.41, 5.74) is 0.408. The fraction of sp³-hybridized carbons (Fsp3) is 0.200. The molecule has 0 radical (unpaired) electrons. The third kappa shape index (κ3) is 4.41. The quantitative estimate of drug-likeness (QED) is 0.597. The third-order valence-corrected chi connectivity index (χ3v) is 5.43. The van der Waals surface area contributed by atoms with Crippen molar-refractivity contribution in [2.24, 2.45) is 5.14 Å². The first kappa shape index (κ1) is 19.0. The largest absolute Gasteiger partial charge is 0.365 e. The van der Waals surface area contributed by atoms with Crippen LogP contribution in [0.5, 0.6) is 0 Å². The second-order valence-electron chi connectivity index (χ2n) is 5.38. The van der Waals surface area contributed by atoms with E-state index in [0.29, 0.717) is 11.4 Å². The van der Waals surface area contributed by atoms with Crippen LogP contribution < -0.4 is 10.0 Å². The Balaban J connectivity index is 2.40. The Bertz CT molecular complexity index is 927. The number of anilines is 1. The van der Waals surface area contributed by atoms with Crippen molar-refractivity contribution < 1.29 is 17.6 Å². The number of nitro benzene ring substituents is 1. The molecule has 0 spiro atoms. The molecule has 1 unspecified atom stereocenters. The van der Waals surface area contributed by atoms with Gasteiger partial charge in [-0.15, -0.1) is 0 Å². The van der Waals surface area contributed by atoms with Crippen molar-refractivity contribution in [3.8, 4) is 0 Å². The minimum Gasteiger partial charge on any atom is -0.365 e. The van der Waals surface area contributed by atoms with Gasteiger partial charge in [0.05, 0.1) is 4.92 Å². The van der Waals surface area contributed by atoms with E-state index in [1.54, 1.807) is 42.5 Å². The lowest BCUT2D eigenvalue weighted by molar-refractivity contribution is -0.387. The second kappa shape index (κ2) is 7.30. The fourth-order valence-corrected chi connectivity index (χ4v) is 3.61. The van der Waals surface area contributed by atoms with E-state index < -0.39 is 36.3 Å². The van der Waals surface area contributed by atoms with E-state index in [1.165, 1.54) is 12.1 Å². The van der Waals surface area contributed by atoms with Gasteiger partial charge in [0, 0.05) is 35.5 Å². The summed E-state index contributed by atoms with van der Waals surface area (Å²) in [4.78, 5) is 12.3. The monoisotopic (exact) mass is 383 g/mol. The first-order chi connectivity index (χ1) is 11.6. The standard InChI is InChI=1S/C15H17N3O5S2/c1-17(10-11-6-8-12(9-7-11)24(2)21)13-4-3-5-14(25(16,22)23)15(13)18(19)20/h3-9H,10H2,1-2H3,(H2,16,22,23). The predicted molar refractivity (Wildman–Crippen MR) is 95.4 cm³/mol. The van der Waals surface area contributed by atoms with Crippen LogP contribution in [-0.4, -0.2) is 30.9 Å². The zero-order valence-electron chi connectivity index (χ0n) is 13.6. The Morgan fingerprint density at radius 3 is 2.28 bits per heavy atom. The second-order valence-corrected chi connectivity index (χ2v) is 8.29. The molecule has 134 valence electrons. The molecule has 0 aromatic heterocycles. The van der Waals surface area contributed by atoms with Crippen molar-refractivity contribution in [1.82, 2.24) is 0 Å². The molecule has 1 atom stereocenters. The molecule has 0 amide bonds. The Morgan fingerprint density at radius 1 is 1.20 bits per heavy atom. The van der Waals surface area contributed by atoms with Gasteiger partial charge in [0.25, 0.3) is 0 Å². The van der Waals surface area contributed by atoms with E-state index in [4.69, 9.17) is 5.14 Å². The Morgan fingerprint density at radius 2 is 1.80 bits per heavy atom. The molecule has 0 saturated carbocycles. The normalized spacial score (nSPS) is 12.6. The maximum atomic E-state index is 11.6. The van der Waals surface area contributed by atoms with Crippen LogP contribution in [0.4, 0.5) is 11.4 Å². The summed E-state index contributed by atoms with van der Waals surface area (Å²) in [7, 11) is -3.70. The average Bonchev–Trinajstić information content (AvgIpc) is 2.53. The van der Waals surface area contributed by atoms with Gasteiger partial charge in [-0.25, -0.2) is 13.6 Å². The van der Waals surface area contributed by atoms with Crippen LogP contribution in [0.3, 0.4) is 0 Å². The molecule has 2 N–H and O–H groups in total. The van der Waals surface area contributed by atoms with Gasteiger partial charge in [0.2, 0.25) is 10.0 Å². The van der Waals surface area contributed by atoms with Gasteiger partial charge in [0.15, 0.2) is 4.90 Å². The van der Waals surface area contributed by atoms with Gasteiger partial charge in [-0.1, -0.05) is 18.2 Å². The van der Waals surface area contributed by atoms with Crippen molar-refractivity contribution in [2.75, 3.05) is 18.2 Å². The van der Waals surface area contributed by atoms with Crippen molar-refractivity contribution in [1.29, 1.82) is 0 Å². The van der Waals surface area contributed by atoms with Gasteiger partial charge in [-0.05, 0) is 29.8 Å². The molecule has 0 fully saturated rings. The molecular formula is C15H17N3O5S2. The Kier molecular flexibility index (Phi) is 5.55. The van der Waals surface area contributed by atoms with Crippen LogP contribution in [-0.2, 0) is 27.4 Å². The lowest BCUT2D eigenvalue weighted by atomic mass is 10.2. The lowest BCUT2D eigenvalue weighted by Crippen LogP contribution is -2.20.